The van der Waals surface area contributed by atoms with Crippen LogP contribution in [0.4, 0.5) is 0 Å². The van der Waals surface area contributed by atoms with Gasteiger partial charge in [0.05, 0.1) is 7.11 Å². The van der Waals surface area contributed by atoms with Crippen molar-refractivity contribution in [3.63, 3.8) is 0 Å². The lowest BCUT2D eigenvalue weighted by Crippen LogP contribution is -2.15. The SMILES string of the molecule is COc1ncccc1C(N)Cc1ncc[nH]1. The Balaban J connectivity index is 2.17. The number of methoxy groups -OCH3 is 1. The maximum Gasteiger partial charge on any atom is 0.217 e. The van der Waals surface area contributed by atoms with Crippen LogP contribution in [0.1, 0.15) is 17.4 Å². The summed E-state index contributed by atoms with van der Waals surface area (Å²) in [6.45, 7) is 0. The number of rotatable bonds is 4. The first kappa shape index (κ1) is 10.6. The fourth-order valence-electron chi connectivity index (χ4n) is 1.58. The van der Waals surface area contributed by atoms with Gasteiger partial charge in [0.1, 0.15) is 5.82 Å². The quantitative estimate of drug-likeness (QED) is 0.804. The summed E-state index contributed by atoms with van der Waals surface area (Å²) in [4.78, 5) is 11.3. The average Bonchev–Trinajstić information content (AvgIpc) is 2.81. The Morgan fingerprint density at radius 2 is 2.31 bits per heavy atom. The summed E-state index contributed by atoms with van der Waals surface area (Å²) in [5.74, 6) is 1.43. The van der Waals surface area contributed by atoms with E-state index >= 15 is 0 Å². The molecule has 2 aromatic heterocycles. The Kier molecular flexibility index (Phi) is 3.16. The molecule has 0 aliphatic carbocycles. The lowest BCUT2D eigenvalue weighted by molar-refractivity contribution is 0.388. The first-order valence-electron chi connectivity index (χ1n) is 5.04. The van der Waals surface area contributed by atoms with Gasteiger partial charge in [0.25, 0.3) is 0 Å². The molecule has 3 N–H and O–H groups in total. The van der Waals surface area contributed by atoms with Crippen LogP contribution < -0.4 is 10.5 Å². The van der Waals surface area contributed by atoms with Crippen molar-refractivity contribution in [1.29, 1.82) is 0 Å². The monoisotopic (exact) mass is 218 g/mol. The number of aromatic amines is 1. The summed E-state index contributed by atoms with van der Waals surface area (Å²) in [7, 11) is 1.59. The van der Waals surface area contributed by atoms with Crippen molar-refractivity contribution in [2.75, 3.05) is 7.11 Å². The number of pyridine rings is 1. The number of aromatic nitrogens is 3. The van der Waals surface area contributed by atoms with Gasteiger partial charge in [-0.25, -0.2) is 9.97 Å². The van der Waals surface area contributed by atoms with Crippen LogP contribution >= 0.6 is 0 Å². The second-order valence-electron chi connectivity index (χ2n) is 3.45. The van der Waals surface area contributed by atoms with Crippen molar-refractivity contribution in [3.05, 3.63) is 42.1 Å². The molecular weight excluding hydrogens is 204 g/mol. The molecule has 5 nitrogen and oxygen atoms in total. The maximum absolute atomic E-state index is 6.08. The van der Waals surface area contributed by atoms with Gasteiger partial charge in [-0.2, -0.15) is 0 Å². The highest BCUT2D eigenvalue weighted by molar-refractivity contribution is 5.29. The van der Waals surface area contributed by atoms with Crippen molar-refractivity contribution < 1.29 is 4.74 Å². The second-order valence-corrected chi connectivity index (χ2v) is 3.45. The molecule has 1 atom stereocenters. The second kappa shape index (κ2) is 4.76. The van der Waals surface area contributed by atoms with E-state index in [0.29, 0.717) is 12.3 Å². The van der Waals surface area contributed by atoms with Gasteiger partial charge in [0, 0.05) is 36.6 Å². The van der Waals surface area contributed by atoms with Crippen LogP contribution in [0, 0.1) is 0 Å². The molecule has 0 fully saturated rings. The molecule has 0 saturated heterocycles. The fraction of sp³-hybridized carbons (Fsp3) is 0.273. The molecule has 0 aliphatic rings. The van der Waals surface area contributed by atoms with E-state index in [9.17, 15) is 0 Å². The van der Waals surface area contributed by atoms with Crippen molar-refractivity contribution in [2.24, 2.45) is 5.73 Å². The summed E-state index contributed by atoms with van der Waals surface area (Å²) < 4.78 is 5.16. The Labute approximate surface area is 93.7 Å². The first-order valence-corrected chi connectivity index (χ1v) is 5.04. The van der Waals surface area contributed by atoms with Crippen molar-refractivity contribution in [2.45, 2.75) is 12.5 Å². The topological polar surface area (TPSA) is 76.8 Å². The highest BCUT2D eigenvalue weighted by Gasteiger charge is 2.13. The minimum atomic E-state index is -0.171. The number of nitrogens with zero attached hydrogens (tertiary/aromatic N) is 2. The first-order chi connectivity index (χ1) is 7.81. The van der Waals surface area contributed by atoms with E-state index in [0.717, 1.165) is 11.4 Å². The minimum Gasteiger partial charge on any atom is -0.481 e. The summed E-state index contributed by atoms with van der Waals surface area (Å²) in [5, 5.41) is 0. The number of imidazole rings is 1. The molecule has 84 valence electrons. The predicted molar refractivity (Wildman–Crippen MR) is 60.0 cm³/mol. The van der Waals surface area contributed by atoms with Crippen LogP contribution in [-0.2, 0) is 6.42 Å². The molecule has 0 radical (unpaired) electrons. The molecule has 2 rings (SSSR count). The zero-order valence-corrected chi connectivity index (χ0v) is 9.05. The highest BCUT2D eigenvalue weighted by atomic mass is 16.5. The van der Waals surface area contributed by atoms with Crippen LogP contribution in [0.5, 0.6) is 5.88 Å². The van der Waals surface area contributed by atoms with Crippen LogP contribution in [0.2, 0.25) is 0 Å². The molecule has 1 unspecified atom stereocenters. The lowest BCUT2D eigenvalue weighted by Gasteiger charge is -2.13. The van der Waals surface area contributed by atoms with Gasteiger partial charge in [0.15, 0.2) is 0 Å². The lowest BCUT2D eigenvalue weighted by atomic mass is 10.1. The largest absolute Gasteiger partial charge is 0.481 e. The van der Waals surface area contributed by atoms with Crippen LogP contribution in [0.25, 0.3) is 0 Å². The van der Waals surface area contributed by atoms with Crippen LogP contribution in [-0.4, -0.2) is 22.1 Å². The number of H-pyrrole nitrogens is 1. The number of ether oxygens (including phenoxy) is 1. The molecule has 2 heterocycles. The number of hydrogen-bond donors (Lipinski definition) is 2. The Morgan fingerprint density at radius 1 is 1.44 bits per heavy atom. The summed E-state index contributed by atoms with van der Waals surface area (Å²) in [6.07, 6.45) is 5.81. The molecule has 0 aliphatic heterocycles. The van der Waals surface area contributed by atoms with E-state index in [-0.39, 0.29) is 6.04 Å². The smallest absolute Gasteiger partial charge is 0.217 e. The summed E-state index contributed by atoms with van der Waals surface area (Å²) in [6, 6.07) is 3.59. The average molecular weight is 218 g/mol. The van der Waals surface area contributed by atoms with Crippen molar-refractivity contribution in [3.8, 4) is 5.88 Å². The molecule has 5 heteroatoms. The van der Waals surface area contributed by atoms with Crippen LogP contribution in [0.3, 0.4) is 0 Å². The van der Waals surface area contributed by atoms with E-state index in [4.69, 9.17) is 10.5 Å². The molecular formula is C11H14N4O. The number of nitrogens with two attached hydrogens (primary N) is 1. The summed E-state index contributed by atoms with van der Waals surface area (Å²) in [5.41, 5.74) is 6.97. The summed E-state index contributed by atoms with van der Waals surface area (Å²) >= 11 is 0. The van der Waals surface area contributed by atoms with E-state index < -0.39 is 0 Å². The molecule has 0 spiro atoms. The standard InChI is InChI=1S/C11H14N4O/c1-16-11-8(3-2-4-15-11)9(12)7-10-13-5-6-14-10/h2-6,9H,7,12H2,1H3,(H,13,14). The normalized spacial score (nSPS) is 12.4. The van der Waals surface area contributed by atoms with Gasteiger partial charge in [-0.1, -0.05) is 6.07 Å². The van der Waals surface area contributed by atoms with Gasteiger partial charge in [-0.3, -0.25) is 0 Å². The van der Waals surface area contributed by atoms with E-state index in [1.807, 2.05) is 12.1 Å². The van der Waals surface area contributed by atoms with E-state index in [1.165, 1.54) is 0 Å². The van der Waals surface area contributed by atoms with Gasteiger partial charge in [-0.05, 0) is 6.07 Å². The molecule has 0 saturated carbocycles. The van der Waals surface area contributed by atoms with Crippen molar-refractivity contribution in [1.82, 2.24) is 15.0 Å². The van der Waals surface area contributed by atoms with Crippen LogP contribution in [0.15, 0.2) is 30.7 Å². The maximum atomic E-state index is 6.08. The third-order valence-electron chi connectivity index (χ3n) is 2.36. The number of nitrogens with one attached hydrogen (secondary N) is 1. The van der Waals surface area contributed by atoms with Gasteiger partial charge in [-0.15, -0.1) is 0 Å². The Bertz CT molecular complexity index is 441. The third-order valence-corrected chi connectivity index (χ3v) is 2.36. The fourth-order valence-corrected chi connectivity index (χ4v) is 1.58. The predicted octanol–water partition coefficient (Wildman–Crippen LogP) is 1.06. The van der Waals surface area contributed by atoms with Gasteiger partial charge >= 0.3 is 0 Å². The Hall–Kier alpha value is -1.88. The molecule has 2 aromatic rings. The molecule has 0 amide bonds. The van der Waals surface area contributed by atoms with E-state index in [2.05, 4.69) is 15.0 Å². The minimum absolute atomic E-state index is 0.171. The van der Waals surface area contributed by atoms with Gasteiger partial charge < -0.3 is 15.5 Å². The molecule has 0 aromatic carbocycles. The Morgan fingerprint density at radius 3 is 3.00 bits per heavy atom. The van der Waals surface area contributed by atoms with Gasteiger partial charge in [0.2, 0.25) is 5.88 Å². The zero-order chi connectivity index (χ0) is 11.4. The molecule has 16 heavy (non-hydrogen) atoms. The zero-order valence-electron chi connectivity index (χ0n) is 9.05. The van der Waals surface area contributed by atoms with E-state index in [1.54, 1.807) is 25.7 Å². The van der Waals surface area contributed by atoms with Crippen molar-refractivity contribution >= 4 is 0 Å². The highest BCUT2D eigenvalue weighted by Crippen LogP contribution is 2.22. The third kappa shape index (κ3) is 2.20. The molecule has 0 bridgehead atoms. The number of hydrogen-bond acceptors (Lipinski definition) is 4.